The number of ether oxygens (including phenoxy) is 2. The fourth-order valence-electron chi connectivity index (χ4n) is 5.09. The molecule has 1 aliphatic carbocycles. The average molecular weight is 407 g/mol. The topological polar surface area (TPSA) is 76.0 Å². The van der Waals surface area contributed by atoms with Crippen molar-refractivity contribution in [2.75, 3.05) is 0 Å². The van der Waals surface area contributed by atoms with E-state index in [2.05, 4.69) is 26.8 Å². The van der Waals surface area contributed by atoms with E-state index in [-0.39, 0.29) is 17.8 Å². The Bertz CT molecular complexity index is 699. The number of carbonyl (C=O) groups excluding carboxylic acids is 1. The van der Waals surface area contributed by atoms with Crippen molar-refractivity contribution in [2.24, 2.45) is 29.1 Å². The normalized spacial score (nSPS) is 42.6. The van der Waals surface area contributed by atoms with Crippen molar-refractivity contribution < 1.29 is 24.5 Å². The highest BCUT2D eigenvalue weighted by Gasteiger charge is 2.54. The van der Waals surface area contributed by atoms with Crippen LogP contribution in [0.25, 0.3) is 0 Å². The molecule has 0 amide bonds. The fraction of sp³-hybridized carbons (Fsp3) is 0.792. The summed E-state index contributed by atoms with van der Waals surface area (Å²) in [6.07, 6.45) is 6.15. The predicted molar refractivity (Wildman–Crippen MR) is 112 cm³/mol. The molecule has 1 fully saturated rings. The average Bonchev–Trinajstić information content (AvgIpc) is 2.58. The second-order valence-corrected chi connectivity index (χ2v) is 10.9. The van der Waals surface area contributed by atoms with E-state index in [0.717, 1.165) is 6.42 Å². The molecule has 2 N–H and O–H groups in total. The molecule has 2 aliphatic heterocycles. The quantitative estimate of drug-likeness (QED) is 0.536. The van der Waals surface area contributed by atoms with Crippen LogP contribution in [0.15, 0.2) is 23.8 Å². The number of fused-ring (bicyclic) bond motifs is 3. The molecule has 3 rings (SSSR count). The maximum absolute atomic E-state index is 12.7. The molecule has 5 nitrogen and oxygen atoms in total. The SMILES string of the molecule is CC1=CC[C@H](C(C)C)[C@H]2C[C@@H](OC(=O)C(C)(C)C)[C@@]3(O)C=C[C@](C)(O)[C@H](C[C@@H]12)O3. The Hall–Kier alpha value is -1.17. The Balaban J connectivity index is 2.05. The molecule has 7 atom stereocenters. The van der Waals surface area contributed by atoms with Crippen LogP contribution in [-0.2, 0) is 14.3 Å². The highest BCUT2D eigenvalue weighted by molar-refractivity contribution is 5.75. The van der Waals surface area contributed by atoms with Crippen molar-refractivity contribution in [1.29, 1.82) is 0 Å². The Morgan fingerprint density at radius 3 is 2.48 bits per heavy atom. The largest absolute Gasteiger partial charge is 0.456 e. The lowest BCUT2D eigenvalue weighted by Crippen LogP contribution is -2.59. The molecule has 3 aliphatic rings. The van der Waals surface area contributed by atoms with Crippen LogP contribution in [0.4, 0.5) is 0 Å². The minimum atomic E-state index is -1.73. The van der Waals surface area contributed by atoms with Gasteiger partial charge < -0.3 is 19.7 Å². The molecule has 164 valence electrons. The summed E-state index contributed by atoms with van der Waals surface area (Å²) in [5, 5.41) is 22.3. The van der Waals surface area contributed by atoms with E-state index in [1.165, 1.54) is 11.6 Å². The van der Waals surface area contributed by atoms with Gasteiger partial charge in [-0.05, 0) is 89.7 Å². The van der Waals surface area contributed by atoms with Gasteiger partial charge in [0.1, 0.15) is 5.60 Å². The van der Waals surface area contributed by atoms with Crippen molar-refractivity contribution in [1.82, 2.24) is 0 Å². The number of carbonyl (C=O) groups is 1. The molecule has 29 heavy (non-hydrogen) atoms. The molecule has 0 saturated carbocycles. The Morgan fingerprint density at radius 1 is 1.24 bits per heavy atom. The van der Waals surface area contributed by atoms with E-state index in [0.29, 0.717) is 24.7 Å². The molecule has 1 saturated heterocycles. The summed E-state index contributed by atoms with van der Waals surface area (Å²) in [6.45, 7) is 13.7. The van der Waals surface area contributed by atoms with E-state index in [1.54, 1.807) is 33.8 Å². The van der Waals surface area contributed by atoms with Gasteiger partial charge in [-0.25, -0.2) is 0 Å². The van der Waals surface area contributed by atoms with Crippen LogP contribution < -0.4 is 0 Å². The number of aliphatic hydroxyl groups is 2. The van der Waals surface area contributed by atoms with E-state index < -0.39 is 29.0 Å². The number of rotatable bonds is 2. The molecule has 0 aromatic heterocycles. The predicted octanol–water partition coefficient (Wildman–Crippen LogP) is 3.99. The molecular weight excluding hydrogens is 368 g/mol. The third-order valence-electron chi connectivity index (χ3n) is 7.14. The van der Waals surface area contributed by atoms with Gasteiger partial charge in [-0.1, -0.05) is 25.5 Å². The van der Waals surface area contributed by atoms with Gasteiger partial charge >= 0.3 is 5.97 Å². The summed E-state index contributed by atoms with van der Waals surface area (Å²) in [6, 6.07) is 0. The van der Waals surface area contributed by atoms with Crippen LogP contribution >= 0.6 is 0 Å². The van der Waals surface area contributed by atoms with Crippen LogP contribution in [0.3, 0.4) is 0 Å². The first-order valence-electron chi connectivity index (χ1n) is 11.0. The smallest absolute Gasteiger partial charge is 0.311 e. The zero-order valence-electron chi connectivity index (χ0n) is 18.9. The first kappa shape index (κ1) is 22.5. The molecule has 0 radical (unpaired) electrons. The number of hydrogen-bond donors (Lipinski definition) is 2. The molecule has 0 unspecified atom stereocenters. The lowest BCUT2D eigenvalue weighted by Gasteiger charge is -2.51. The summed E-state index contributed by atoms with van der Waals surface area (Å²) >= 11 is 0. The van der Waals surface area contributed by atoms with Gasteiger partial charge in [0.15, 0.2) is 6.10 Å². The van der Waals surface area contributed by atoms with Gasteiger partial charge in [-0.2, -0.15) is 0 Å². The zero-order chi connectivity index (χ0) is 21.8. The highest BCUT2D eigenvalue weighted by atomic mass is 16.7. The van der Waals surface area contributed by atoms with E-state index in [4.69, 9.17) is 9.47 Å². The Labute approximate surface area is 175 Å². The molecule has 2 heterocycles. The van der Waals surface area contributed by atoms with Gasteiger partial charge in [-0.15, -0.1) is 0 Å². The van der Waals surface area contributed by atoms with Crippen LogP contribution in [0, 0.1) is 29.1 Å². The summed E-state index contributed by atoms with van der Waals surface area (Å²) in [4.78, 5) is 12.7. The zero-order valence-corrected chi connectivity index (χ0v) is 18.9. The van der Waals surface area contributed by atoms with Crippen molar-refractivity contribution in [2.45, 2.75) is 91.3 Å². The third kappa shape index (κ3) is 4.33. The first-order valence-corrected chi connectivity index (χ1v) is 11.0. The van der Waals surface area contributed by atoms with Crippen molar-refractivity contribution in [3.8, 4) is 0 Å². The summed E-state index contributed by atoms with van der Waals surface area (Å²) in [5.74, 6) is -0.719. The number of allylic oxidation sites excluding steroid dienone is 2. The summed E-state index contributed by atoms with van der Waals surface area (Å²) in [7, 11) is 0. The molecule has 0 spiro atoms. The molecule has 2 bridgehead atoms. The van der Waals surface area contributed by atoms with Crippen LogP contribution in [0.2, 0.25) is 0 Å². The van der Waals surface area contributed by atoms with Crippen LogP contribution in [0.5, 0.6) is 0 Å². The lowest BCUT2D eigenvalue weighted by atomic mass is 9.62. The minimum Gasteiger partial charge on any atom is -0.456 e. The van der Waals surface area contributed by atoms with Gasteiger partial charge in [0, 0.05) is 0 Å². The molecule has 0 aromatic carbocycles. The Kier molecular flexibility index (Phi) is 5.83. The van der Waals surface area contributed by atoms with E-state index in [1.807, 2.05) is 0 Å². The second-order valence-electron chi connectivity index (χ2n) is 10.9. The third-order valence-corrected chi connectivity index (χ3v) is 7.14. The lowest BCUT2D eigenvalue weighted by molar-refractivity contribution is -0.295. The number of hydrogen-bond acceptors (Lipinski definition) is 5. The summed E-state index contributed by atoms with van der Waals surface area (Å²) in [5.41, 5.74) is -0.564. The molecule has 5 heteroatoms. The van der Waals surface area contributed by atoms with Crippen molar-refractivity contribution in [3.05, 3.63) is 23.8 Å². The van der Waals surface area contributed by atoms with Gasteiger partial charge in [-0.3, -0.25) is 4.79 Å². The van der Waals surface area contributed by atoms with Crippen molar-refractivity contribution in [3.63, 3.8) is 0 Å². The minimum absolute atomic E-state index is 0.222. The first-order chi connectivity index (χ1) is 13.2. The monoisotopic (exact) mass is 406 g/mol. The van der Waals surface area contributed by atoms with Gasteiger partial charge in [0.05, 0.1) is 11.5 Å². The van der Waals surface area contributed by atoms with Crippen LogP contribution in [-0.4, -0.2) is 39.8 Å². The maximum atomic E-state index is 12.7. The molecule has 0 aromatic rings. The Morgan fingerprint density at radius 2 is 1.90 bits per heavy atom. The highest BCUT2D eigenvalue weighted by Crippen LogP contribution is 2.49. The van der Waals surface area contributed by atoms with Crippen LogP contribution in [0.1, 0.15) is 67.7 Å². The maximum Gasteiger partial charge on any atom is 0.311 e. The standard InChI is InChI=1S/C24H38O5/c1-14(2)16-9-8-15(3)17-12-19-23(7,26)10-11-24(27,29-19)20(13-18(16)17)28-21(25)22(4,5)6/h8,10-11,14,16-20,26-27H,9,12-13H2,1-7H3/t16-,17+,18-,19+,20-,23+,24-/m1/s1. The summed E-state index contributed by atoms with van der Waals surface area (Å²) < 4.78 is 12.0. The molecular formula is C24H38O5. The van der Waals surface area contributed by atoms with E-state index in [9.17, 15) is 15.0 Å². The van der Waals surface area contributed by atoms with Gasteiger partial charge in [0.2, 0.25) is 5.79 Å². The van der Waals surface area contributed by atoms with Gasteiger partial charge in [0.25, 0.3) is 0 Å². The van der Waals surface area contributed by atoms with Crippen molar-refractivity contribution >= 4 is 5.97 Å². The second kappa shape index (κ2) is 7.51. The fourth-order valence-corrected chi connectivity index (χ4v) is 5.09. The number of esters is 1. The van der Waals surface area contributed by atoms with E-state index >= 15 is 0 Å².